The fraction of sp³-hybridized carbons (Fsp3) is 0.211. The minimum absolute atomic E-state index is 0.00452. The number of ether oxygens (including phenoxy) is 1. The number of anilines is 1. The minimum atomic E-state index is -0.00452. The summed E-state index contributed by atoms with van der Waals surface area (Å²) in [5, 5.41) is 3.04. The van der Waals surface area contributed by atoms with Gasteiger partial charge < -0.3 is 10.1 Å². The molecule has 0 saturated carbocycles. The zero-order chi connectivity index (χ0) is 16.2. The van der Waals surface area contributed by atoms with Gasteiger partial charge in [0.05, 0.1) is 12.8 Å². The lowest BCUT2D eigenvalue weighted by atomic mass is 10.1. The summed E-state index contributed by atoms with van der Waals surface area (Å²) in [5.74, 6) is 0.810. The molecule has 0 aromatic heterocycles. The van der Waals surface area contributed by atoms with Crippen LogP contribution >= 0.6 is 11.8 Å². The molecule has 0 aliphatic carbocycles. The number of para-hydroxylation sites is 1. The normalized spacial score (nSPS) is 14.1. The monoisotopic (exact) mass is 325 g/mol. The quantitative estimate of drug-likeness (QED) is 0.864. The topological polar surface area (TPSA) is 38.3 Å². The van der Waals surface area contributed by atoms with Gasteiger partial charge in [0.2, 0.25) is 0 Å². The molecular weight excluding hydrogens is 306 g/mol. The summed E-state index contributed by atoms with van der Waals surface area (Å²) in [7, 11) is 1.65. The van der Waals surface area contributed by atoms with Gasteiger partial charge in [0.25, 0.3) is 5.91 Å². The fourth-order valence-electron chi connectivity index (χ4n) is 2.58. The molecule has 23 heavy (non-hydrogen) atoms. The molecule has 1 aliphatic heterocycles. The van der Waals surface area contributed by atoms with Crippen molar-refractivity contribution in [1.82, 2.24) is 0 Å². The summed E-state index contributed by atoms with van der Waals surface area (Å²) in [6.07, 6.45) is 1.69. The zero-order valence-corrected chi connectivity index (χ0v) is 14.1. The average molecular weight is 325 g/mol. The molecule has 3 nitrogen and oxygen atoms in total. The van der Waals surface area contributed by atoms with Crippen LogP contribution in [0.3, 0.4) is 0 Å². The third-order valence-electron chi connectivity index (χ3n) is 3.75. The molecule has 1 heterocycles. The van der Waals surface area contributed by atoms with Crippen LogP contribution in [-0.4, -0.2) is 13.0 Å². The molecule has 2 aromatic carbocycles. The van der Waals surface area contributed by atoms with E-state index >= 15 is 0 Å². The van der Waals surface area contributed by atoms with Crippen molar-refractivity contribution in [3.05, 3.63) is 59.7 Å². The number of rotatable bonds is 4. The number of methoxy groups -OCH3 is 1. The van der Waals surface area contributed by atoms with Gasteiger partial charge in [-0.2, -0.15) is 0 Å². The Morgan fingerprint density at radius 1 is 1.09 bits per heavy atom. The van der Waals surface area contributed by atoms with Crippen LogP contribution in [0.2, 0.25) is 0 Å². The van der Waals surface area contributed by atoms with Gasteiger partial charge in [-0.3, -0.25) is 4.79 Å². The van der Waals surface area contributed by atoms with Gasteiger partial charge in [-0.1, -0.05) is 49.4 Å². The van der Waals surface area contributed by atoms with E-state index in [1.54, 1.807) is 18.9 Å². The third kappa shape index (κ3) is 3.27. The molecule has 0 bridgehead atoms. The molecule has 3 rings (SSSR count). The van der Waals surface area contributed by atoms with E-state index in [0.717, 1.165) is 45.2 Å². The standard InChI is InChI=1S/C19H19NO2S/c1-3-6-15-18(13-9-11-14(22-2)12-10-13)23-17-8-5-4-7-16(17)20-19(15)21/h4-5,7-12H,3,6H2,1-2H3,(H,20,21). The Labute approximate surface area is 140 Å². The second-order valence-electron chi connectivity index (χ2n) is 5.34. The van der Waals surface area contributed by atoms with Crippen molar-refractivity contribution >= 4 is 28.3 Å². The molecule has 0 radical (unpaired) electrons. The van der Waals surface area contributed by atoms with Crippen molar-refractivity contribution in [3.63, 3.8) is 0 Å². The second kappa shape index (κ2) is 6.92. The number of benzene rings is 2. The van der Waals surface area contributed by atoms with Gasteiger partial charge >= 0.3 is 0 Å². The highest BCUT2D eigenvalue weighted by atomic mass is 32.2. The number of amides is 1. The van der Waals surface area contributed by atoms with Crippen molar-refractivity contribution in [3.8, 4) is 5.75 Å². The van der Waals surface area contributed by atoms with Crippen LogP contribution in [0.15, 0.2) is 59.0 Å². The Hall–Kier alpha value is -2.20. The van der Waals surface area contributed by atoms with E-state index in [1.165, 1.54) is 0 Å². The van der Waals surface area contributed by atoms with Gasteiger partial charge in [-0.05, 0) is 36.2 Å². The SMILES string of the molecule is CCCC1=C(c2ccc(OC)cc2)Sc2ccccc2NC1=O. The summed E-state index contributed by atoms with van der Waals surface area (Å²) in [6.45, 7) is 2.09. The highest BCUT2D eigenvalue weighted by Crippen LogP contribution is 2.43. The highest BCUT2D eigenvalue weighted by Gasteiger charge is 2.23. The number of carbonyl (C=O) groups excluding carboxylic acids is 1. The maximum Gasteiger partial charge on any atom is 0.252 e. The first-order valence-corrected chi connectivity index (χ1v) is 8.50. The maximum atomic E-state index is 12.7. The zero-order valence-electron chi connectivity index (χ0n) is 13.3. The van der Waals surface area contributed by atoms with E-state index in [-0.39, 0.29) is 5.91 Å². The summed E-state index contributed by atoms with van der Waals surface area (Å²) < 4.78 is 5.23. The summed E-state index contributed by atoms with van der Waals surface area (Å²) >= 11 is 1.65. The van der Waals surface area contributed by atoms with Gasteiger partial charge in [0, 0.05) is 15.4 Å². The van der Waals surface area contributed by atoms with Crippen molar-refractivity contribution in [1.29, 1.82) is 0 Å². The van der Waals surface area contributed by atoms with Crippen LogP contribution in [0.5, 0.6) is 5.75 Å². The van der Waals surface area contributed by atoms with Gasteiger partial charge in [-0.15, -0.1) is 0 Å². The number of hydrogen-bond acceptors (Lipinski definition) is 3. The molecule has 0 saturated heterocycles. The van der Waals surface area contributed by atoms with Crippen LogP contribution in [0.1, 0.15) is 25.3 Å². The van der Waals surface area contributed by atoms with Gasteiger partial charge in [0.15, 0.2) is 0 Å². The predicted octanol–water partition coefficient (Wildman–Crippen LogP) is 4.95. The van der Waals surface area contributed by atoms with Crippen molar-refractivity contribution in [2.45, 2.75) is 24.7 Å². The van der Waals surface area contributed by atoms with Crippen LogP contribution in [0.25, 0.3) is 4.91 Å². The van der Waals surface area contributed by atoms with Crippen molar-refractivity contribution < 1.29 is 9.53 Å². The van der Waals surface area contributed by atoms with Crippen LogP contribution in [0.4, 0.5) is 5.69 Å². The first kappa shape index (κ1) is 15.7. The first-order valence-electron chi connectivity index (χ1n) is 7.68. The fourth-order valence-corrected chi connectivity index (χ4v) is 3.75. The van der Waals surface area contributed by atoms with E-state index < -0.39 is 0 Å². The summed E-state index contributed by atoms with van der Waals surface area (Å²) in [5.41, 5.74) is 2.77. The molecule has 1 aliphatic rings. The number of fused-ring (bicyclic) bond motifs is 1. The molecule has 0 unspecified atom stereocenters. The van der Waals surface area contributed by atoms with E-state index in [0.29, 0.717) is 0 Å². The second-order valence-corrected chi connectivity index (χ2v) is 6.39. The molecule has 118 valence electrons. The van der Waals surface area contributed by atoms with E-state index in [1.807, 2.05) is 48.5 Å². The number of hydrogen-bond donors (Lipinski definition) is 1. The molecule has 2 aromatic rings. The van der Waals surface area contributed by atoms with Crippen LogP contribution < -0.4 is 10.1 Å². The lowest BCUT2D eigenvalue weighted by Gasteiger charge is -2.11. The molecule has 0 spiro atoms. The summed E-state index contributed by atoms with van der Waals surface area (Å²) in [6, 6.07) is 15.8. The molecule has 4 heteroatoms. The number of nitrogens with one attached hydrogen (secondary N) is 1. The smallest absolute Gasteiger partial charge is 0.252 e. The minimum Gasteiger partial charge on any atom is -0.497 e. The Morgan fingerprint density at radius 3 is 2.52 bits per heavy atom. The van der Waals surface area contributed by atoms with E-state index in [2.05, 4.69) is 12.2 Å². The molecule has 1 amide bonds. The van der Waals surface area contributed by atoms with Gasteiger partial charge in [-0.25, -0.2) is 0 Å². The molecule has 0 atom stereocenters. The molecular formula is C19H19NO2S. The Kier molecular flexibility index (Phi) is 4.72. The van der Waals surface area contributed by atoms with Crippen LogP contribution in [0, 0.1) is 0 Å². The van der Waals surface area contributed by atoms with E-state index in [4.69, 9.17) is 4.74 Å². The average Bonchev–Trinajstić information content (AvgIpc) is 2.72. The van der Waals surface area contributed by atoms with Gasteiger partial charge in [0.1, 0.15) is 5.75 Å². The predicted molar refractivity (Wildman–Crippen MR) is 95.8 cm³/mol. The lowest BCUT2D eigenvalue weighted by molar-refractivity contribution is -0.112. The van der Waals surface area contributed by atoms with E-state index in [9.17, 15) is 4.79 Å². The Bertz CT molecular complexity index is 750. The largest absolute Gasteiger partial charge is 0.497 e. The summed E-state index contributed by atoms with van der Waals surface area (Å²) in [4.78, 5) is 14.8. The highest BCUT2D eigenvalue weighted by molar-refractivity contribution is 8.08. The van der Waals surface area contributed by atoms with Crippen LogP contribution in [-0.2, 0) is 4.79 Å². The Balaban J connectivity index is 2.09. The number of thioether (sulfide) groups is 1. The van der Waals surface area contributed by atoms with Crippen molar-refractivity contribution in [2.24, 2.45) is 0 Å². The molecule has 1 N–H and O–H groups in total. The third-order valence-corrected chi connectivity index (χ3v) is 5.01. The first-order chi connectivity index (χ1) is 11.2. The number of carbonyl (C=O) groups is 1. The lowest BCUT2D eigenvalue weighted by Crippen LogP contribution is -2.14. The Morgan fingerprint density at radius 2 is 1.83 bits per heavy atom. The molecule has 0 fully saturated rings. The van der Waals surface area contributed by atoms with Crippen molar-refractivity contribution in [2.75, 3.05) is 12.4 Å². The maximum absolute atomic E-state index is 12.7.